The minimum absolute atomic E-state index is 0.0362. The van der Waals surface area contributed by atoms with Gasteiger partial charge in [0, 0.05) is 24.0 Å². The van der Waals surface area contributed by atoms with Crippen LogP contribution in [0.5, 0.6) is 0 Å². The van der Waals surface area contributed by atoms with E-state index in [0.29, 0.717) is 17.2 Å². The number of thioether (sulfide) groups is 1. The van der Waals surface area contributed by atoms with Gasteiger partial charge in [-0.15, -0.1) is 0 Å². The molecule has 118 valence electrons. The number of nitrogens with one attached hydrogen (secondary N) is 1. The molecular weight excluding hydrogens is 322 g/mol. The van der Waals surface area contributed by atoms with Gasteiger partial charge >= 0.3 is 0 Å². The number of aliphatic hydroxyl groups is 1. The average Bonchev–Trinajstić information content (AvgIpc) is 2.98. The van der Waals surface area contributed by atoms with Gasteiger partial charge in [-0.1, -0.05) is 23.7 Å². The number of carbonyl (C=O) groups excluding carboxylic acids is 1. The number of benzene rings is 1. The summed E-state index contributed by atoms with van der Waals surface area (Å²) in [7, 11) is 0. The van der Waals surface area contributed by atoms with E-state index in [9.17, 15) is 4.79 Å². The Hall–Kier alpha value is -1.43. The molecule has 0 saturated carbocycles. The molecule has 1 unspecified atom stereocenters. The maximum absolute atomic E-state index is 12.2. The molecule has 2 N–H and O–H groups in total. The molecule has 1 aromatic heterocycles. The lowest BCUT2D eigenvalue weighted by Crippen LogP contribution is -2.37. The zero-order chi connectivity index (χ0) is 15.9. The monoisotopic (exact) mass is 339 g/mol. The summed E-state index contributed by atoms with van der Waals surface area (Å²) in [5, 5.41) is 12.5. The largest absolute Gasteiger partial charge is 0.451 e. The standard InChI is InChI=1S/C16H18ClNO3S/c1-22-10-11(8-9-19)18-16(20)15-7-6-14(21-15)12-4-2-3-5-13(12)17/h2-7,11,19H,8-10H2,1H3,(H,18,20). The maximum Gasteiger partial charge on any atom is 0.287 e. The number of furan rings is 1. The Morgan fingerprint density at radius 3 is 2.82 bits per heavy atom. The highest BCUT2D eigenvalue weighted by Crippen LogP contribution is 2.29. The van der Waals surface area contributed by atoms with Crippen molar-refractivity contribution in [1.29, 1.82) is 0 Å². The minimum Gasteiger partial charge on any atom is -0.451 e. The predicted octanol–water partition coefficient (Wildman–Crippen LogP) is 3.44. The van der Waals surface area contributed by atoms with Crippen LogP contribution in [0.3, 0.4) is 0 Å². The molecule has 0 fully saturated rings. The number of amides is 1. The van der Waals surface area contributed by atoms with Crippen molar-refractivity contribution < 1.29 is 14.3 Å². The van der Waals surface area contributed by atoms with E-state index in [1.54, 1.807) is 30.0 Å². The molecule has 4 nitrogen and oxygen atoms in total. The van der Waals surface area contributed by atoms with E-state index in [1.165, 1.54) is 0 Å². The number of carbonyl (C=O) groups is 1. The number of rotatable bonds is 7. The third-order valence-electron chi connectivity index (χ3n) is 3.15. The van der Waals surface area contributed by atoms with Gasteiger partial charge in [-0.25, -0.2) is 0 Å². The normalized spacial score (nSPS) is 12.1. The average molecular weight is 340 g/mol. The second kappa shape index (κ2) is 8.27. The van der Waals surface area contributed by atoms with Gasteiger partial charge in [-0.05, 0) is 36.9 Å². The maximum atomic E-state index is 12.2. The smallest absolute Gasteiger partial charge is 0.287 e. The first kappa shape index (κ1) is 16.9. The molecule has 0 aliphatic carbocycles. The Morgan fingerprint density at radius 2 is 2.14 bits per heavy atom. The lowest BCUT2D eigenvalue weighted by molar-refractivity contribution is 0.0908. The van der Waals surface area contributed by atoms with E-state index in [4.69, 9.17) is 21.1 Å². The summed E-state index contributed by atoms with van der Waals surface area (Å²) in [5.74, 6) is 1.24. The second-order valence-corrected chi connectivity index (χ2v) is 6.10. The molecule has 2 rings (SSSR count). The van der Waals surface area contributed by atoms with Gasteiger partial charge in [0.2, 0.25) is 0 Å². The number of hydrogen-bond donors (Lipinski definition) is 2. The van der Waals surface area contributed by atoms with Crippen molar-refractivity contribution >= 4 is 29.3 Å². The van der Waals surface area contributed by atoms with Gasteiger partial charge in [0.05, 0.1) is 5.02 Å². The Bertz CT molecular complexity index is 623. The van der Waals surface area contributed by atoms with Gasteiger partial charge in [0.15, 0.2) is 5.76 Å². The molecule has 6 heteroatoms. The molecular formula is C16H18ClNO3S. The SMILES string of the molecule is CSCC(CCO)NC(=O)c1ccc(-c2ccccc2Cl)o1. The fraction of sp³-hybridized carbons (Fsp3) is 0.312. The summed E-state index contributed by atoms with van der Waals surface area (Å²) in [6.45, 7) is 0.0362. The van der Waals surface area contributed by atoms with E-state index < -0.39 is 0 Å². The van der Waals surface area contributed by atoms with Gasteiger partial charge < -0.3 is 14.8 Å². The quantitative estimate of drug-likeness (QED) is 0.811. The zero-order valence-electron chi connectivity index (χ0n) is 12.2. The Morgan fingerprint density at radius 1 is 1.36 bits per heavy atom. The van der Waals surface area contributed by atoms with Gasteiger partial charge in [0.1, 0.15) is 5.76 Å². The van der Waals surface area contributed by atoms with Crippen molar-refractivity contribution in [1.82, 2.24) is 5.32 Å². The second-order valence-electron chi connectivity index (χ2n) is 4.78. The minimum atomic E-state index is -0.286. The summed E-state index contributed by atoms with van der Waals surface area (Å²) >= 11 is 7.74. The van der Waals surface area contributed by atoms with E-state index in [0.717, 1.165) is 11.3 Å². The first-order valence-electron chi connectivity index (χ1n) is 6.91. The topological polar surface area (TPSA) is 62.5 Å². The summed E-state index contributed by atoms with van der Waals surface area (Å²) in [4.78, 5) is 12.2. The van der Waals surface area contributed by atoms with E-state index in [1.807, 2.05) is 24.5 Å². The van der Waals surface area contributed by atoms with Crippen LogP contribution in [0.2, 0.25) is 5.02 Å². The lowest BCUT2D eigenvalue weighted by Gasteiger charge is -2.15. The van der Waals surface area contributed by atoms with Crippen LogP contribution in [0, 0.1) is 0 Å². The number of aliphatic hydroxyl groups excluding tert-OH is 1. The molecule has 22 heavy (non-hydrogen) atoms. The Labute approximate surface area is 138 Å². The van der Waals surface area contributed by atoms with E-state index in [2.05, 4.69) is 5.32 Å². The molecule has 1 heterocycles. The molecule has 2 aromatic rings. The molecule has 0 saturated heterocycles. The predicted molar refractivity (Wildman–Crippen MR) is 90.5 cm³/mol. The first-order chi connectivity index (χ1) is 10.7. The molecule has 0 aliphatic rings. The fourth-order valence-corrected chi connectivity index (χ4v) is 2.96. The third-order valence-corrected chi connectivity index (χ3v) is 4.22. The van der Waals surface area contributed by atoms with Crippen molar-refractivity contribution in [2.45, 2.75) is 12.5 Å². The summed E-state index contributed by atoms with van der Waals surface area (Å²) in [5.41, 5.74) is 0.749. The van der Waals surface area contributed by atoms with Crippen LogP contribution < -0.4 is 5.32 Å². The van der Waals surface area contributed by atoms with Gasteiger partial charge in [-0.3, -0.25) is 4.79 Å². The van der Waals surface area contributed by atoms with Crippen molar-refractivity contribution in [3.8, 4) is 11.3 Å². The molecule has 0 spiro atoms. The van der Waals surface area contributed by atoms with E-state index >= 15 is 0 Å². The Balaban J connectivity index is 2.10. The highest BCUT2D eigenvalue weighted by atomic mass is 35.5. The van der Waals surface area contributed by atoms with Crippen LogP contribution in [0.4, 0.5) is 0 Å². The summed E-state index contributed by atoms with van der Waals surface area (Å²) < 4.78 is 5.60. The van der Waals surface area contributed by atoms with Crippen LogP contribution in [0.1, 0.15) is 17.0 Å². The molecule has 1 amide bonds. The highest BCUT2D eigenvalue weighted by molar-refractivity contribution is 7.98. The molecule has 0 bridgehead atoms. The lowest BCUT2D eigenvalue weighted by atomic mass is 10.2. The van der Waals surface area contributed by atoms with Crippen molar-refractivity contribution in [3.05, 3.63) is 47.2 Å². The molecule has 0 aliphatic heterocycles. The van der Waals surface area contributed by atoms with Crippen LogP contribution in [-0.4, -0.2) is 35.7 Å². The van der Waals surface area contributed by atoms with E-state index in [-0.39, 0.29) is 24.3 Å². The number of halogens is 1. The van der Waals surface area contributed by atoms with Gasteiger partial charge in [0.25, 0.3) is 5.91 Å². The van der Waals surface area contributed by atoms with Crippen LogP contribution in [-0.2, 0) is 0 Å². The van der Waals surface area contributed by atoms with Crippen molar-refractivity contribution in [3.63, 3.8) is 0 Å². The van der Waals surface area contributed by atoms with Crippen LogP contribution in [0.25, 0.3) is 11.3 Å². The molecule has 1 atom stereocenters. The molecule has 0 radical (unpaired) electrons. The zero-order valence-corrected chi connectivity index (χ0v) is 13.8. The summed E-state index contributed by atoms with van der Waals surface area (Å²) in [6.07, 6.45) is 2.48. The number of hydrogen-bond acceptors (Lipinski definition) is 4. The summed E-state index contributed by atoms with van der Waals surface area (Å²) in [6, 6.07) is 10.6. The Kier molecular flexibility index (Phi) is 6.36. The highest BCUT2D eigenvalue weighted by Gasteiger charge is 2.17. The van der Waals surface area contributed by atoms with Gasteiger partial charge in [-0.2, -0.15) is 11.8 Å². The molecule has 1 aromatic carbocycles. The van der Waals surface area contributed by atoms with Crippen molar-refractivity contribution in [2.24, 2.45) is 0 Å². The van der Waals surface area contributed by atoms with Crippen LogP contribution in [0.15, 0.2) is 40.8 Å². The third kappa shape index (κ3) is 4.29. The van der Waals surface area contributed by atoms with Crippen LogP contribution >= 0.6 is 23.4 Å². The fourth-order valence-electron chi connectivity index (χ4n) is 2.08. The van der Waals surface area contributed by atoms with Crippen molar-refractivity contribution in [2.75, 3.05) is 18.6 Å². The first-order valence-corrected chi connectivity index (χ1v) is 8.68.